The minimum atomic E-state index is -3.62. The van der Waals surface area contributed by atoms with Crippen LogP contribution in [-0.4, -0.2) is 46.0 Å². The van der Waals surface area contributed by atoms with Gasteiger partial charge in [0, 0.05) is 19.2 Å². The van der Waals surface area contributed by atoms with Crippen LogP contribution in [0.4, 0.5) is 0 Å². The van der Waals surface area contributed by atoms with Gasteiger partial charge in [0.1, 0.15) is 5.75 Å². The summed E-state index contributed by atoms with van der Waals surface area (Å²) in [5, 5.41) is 0. The number of rotatable bonds is 4. The second-order valence-corrected chi connectivity index (χ2v) is 6.84. The molecule has 1 aliphatic heterocycles. The highest BCUT2D eigenvalue weighted by Crippen LogP contribution is 2.26. The molecule has 2 rings (SSSR count). The van der Waals surface area contributed by atoms with E-state index >= 15 is 0 Å². The zero-order chi connectivity index (χ0) is 15.5. The molecule has 0 amide bonds. The predicted molar refractivity (Wildman–Crippen MR) is 76.5 cm³/mol. The maximum atomic E-state index is 12.6. The minimum Gasteiger partial charge on any atom is -0.497 e. The van der Waals surface area contributed by atoms with Gasteiger partial charge in [-0.2, -0.15) is 4.31 Å². The van der Waals surface area contributed by atoms with E-state index in [1.54, 1.807) is 12.1 Å². The Morgan fingerprint density at radius 1 is 1.33 bits per heavy atom. The van der Waals surface area contributed by atoms with E-state index in [-0.39, 0.29) is 17.4 Å². The Hall–Kier alpha value is -1.60. The number of carbonyl (C=O) groups excluding carboxylic acids is 1. The van der Waals surface area contributed by atoms with Crippen LogP contribution in [-0.2, 0) is 19.6 Å². The maximum Gasteiger partial charge on any atom is 0.309 e. The molecule has 7 heteroatoms. The van der Waals surface area contributed by atoms with Gasteiger partial charge in [0.15, 0.2) is 0 Å². The zero-order valence-electron chi connectivity index (χ0n) is 12.1. The first-order valence-electron chi connectivity index (χ1n) is 6.71. The van der Waals surface area contributed by atoms with E-state index < -0.39 is 15.9 Å². The van der Waals surface area contributed by atoms with Crippen molar-refractivity contribution in [3.8, 4) is 5.75 Å². The number of piperidine rings is 1. The van der Waals surface area contributed by atoms with Crippen LogP contribution < -0.4 is 4.74 Å². The quantitative estimate of drug-likeness (QED) is 0.783. The second kappa shape index (κ2) is 6.44. The van der Waals surface area contributed by atoms with E-state index in [4.69, 9.17) is 9.47 Å². The molecule has 0 aliphatic carbocycles. The average molecular weight is 313 g/mol. The highest BCUT2D eigenvalue weighted by atomic mass is 32.2. The average Bonchev–Trinajstić information content (AvgIpc) is 2.54. The van der Waals surface area contributed by atoms with Gasteiger partial charge in [-0.25, -0.2) is 8.42 Å². The number of hydrogen-bond acceptors (Lipinski definition) is 5. The summed E-state index contributed by atoms with van der Waals surface area (Å²) in [5.41, 5.74) is 0. The maximum absolute atomic E-state index is 12.6. The molecular formula is C14H19NO5S. The third kappa shape index (κ3) is 3.36. The van der Waals surface area contributed by atoms with Crippen LogP contribution in [0.2, 0.25) is 0 Å². The van der Waals surface area contributed by atoms with Crippen molar-refractivity contribution in [2.45, 2.75) is 17.7 Å². The predicted octanol–water partition coefficient (Wildman–Crippen LogP) is 1.27. The Bertz CT molecular complexity index is 614. The third-order valence-corrected chi connectivity index (χ3v) is 5.46. The summed E-state index contributed by atoms with van der Waals surface area (Å²) in [6, 6.07) is 6.33. The van der Waals surface area contributed by atoms with E-state index in [1.807, 2.05) is 0 Å². The number of benzene rings is 1. The first-order valence-corrected chi connectivity index (χ1v) is 8.15. The molecule has 1 saturated heterocycles. The van der Waals surface area contributed by atoms with Crippen molar-refractivity contribution in [1.29, 1.82) is 0 Å². The van der Waals surface area contributed by atoms with Gasteiger partial charge >= 0.3 is 5.97 Å². The summed E-state index contributed by atoms with van der Waals surface area (Å²) in [4.78, 5) is 11.8. The summed E-state index contributed by atoms with van der Waals surface area (Å²) in [7, 11) is -0.820. The van der Waals surface area contributed by atoms with Crippen LogP contribution in [0.5, 0.6) is 5.75 Å². The van der Waals surface area contributed by atoms with Crippen LogP contribution >= 0.6 is 0 Å². The molecule has 1 aromatic rings. The van der Waals surface area contributed by atoms with Gasteiger partial charge in [0.25, 0.3) is 0 Å². The molecule has 0 bridgehead atoms. The lowest BCUT2D eigenvalue weighted by Crippen LogP contribution is -2.42. The number of esters is 1. The number of ether oxygens (including phenoxy) is 2. The molecule has 6 nitrogen and oxygen atoms in total. The Balaban J connectivity index is 2.24. The lowest BCUT2D eigenvalue weighted by Gasteiger charge is -2.30. The second-order valence-electron chi connectivity index (χ2n) is 4.90. The van der Waals surface area contributed by atoms with Crippen molar-refractivity contribution < 1.29 is 22.7 Å². The van der Waals surface area contributed by atoms with E-state index in [1.165, 1.54) is 30.7 Å². The molecule has 1 aliphatic rings. The van der Waals surface area contributed by atoms with Gasteiger partial charge < -0.3 is 9.47 Å². The topological polar surface area (TPSA) is 72.9 Å². The Kier molecular flexibility index (Phi) is 4.84. The van der Waals surface area contributed by atoms with Gasteiger partial charge in [0.2, 0.25) is 10.0 Å². The van der Waals surface area contributed by atoms with Crippen LogP contribution in [0.1, 0.15) is 12.8 Å². The molecule has 0 aromatic heterocycles. The van der Waals surface area contributed by atoms with Crippen molar-refractivity contribution >= 4 is 16.0 Å². The normalized spacial score (nSPS) is 20.0. The van der Waals surface area contributed by atoms with Crippen LogP contribution in [0, 0.1) is 5.92 Å². The number of carbonyl (C=O) groups is 1. The van der Waals surface area contributed by atoms with Crippen molar-refractivity contribution in [3.63, 3.8) is 0 Å². The fourth-order valence-electron chi connectivity index (χ4n) is 2.43. The largest absolute Gasteiger partial charge is 0.497 e. The summed E-state index contributed by atoms with van der Waals surface area (Å²) in [6.45, 7) is 0.569. The highest BCUT2D eigenvalue weighted by molar-refractivity contribution is 7.89. The Morgan fingerprint density at radius 2 is 2.10 bits per heavy atom. The summed E-state index contributed by atoms with van der Waals surface area (Å²) in [5.74, 6) is -0.276. The standard InChI is InChI=1S/C14H19NO5S/c1-19-12-6-3-7-13(9-12)21(17,18)15-8-4-5-11(10-15)14(16)20-2/h3,6-7,9,11H,4-5,8,10H2,1-2H3. The van der Waals surface area contributed by atoms with Crippen LogP contribution in [0.3, 0.4) is 0 Å². The van der Waals surface area contributed by atoms with Gasteiger partial charge in [-0.05, 0) is 25.0 Å². The summed E-state index contributed by atoms with van der Waals surface area (Å²) >= 11 is 0. The number of hydrogen-bond donors (Lipinski definition) is 0. The zero-order valence-corrected chi connectivity index (χ0v) is 12.9. The molecule has 0 saturated carbocycles. The lowest BCUT2D eigenvalue weighted by atomic mass is 10.0. The highest BCUT2D eigenvalue weighted by Gasteiger charge is 2.33. The number of nitrogens with zero attached hydrogens (tertiary/aromatic N) is 1. The van der Waals surface area contributed by atoms with Crippen LogP contribution in [0.25, 0.3) is 0 Å². The SMILES string of the molecule is COC(=O)C1CCCN(S(=O)(=O)c2cccc(OC)c2)C1. The molecule has 1 atom stereocenters. The minimum absolute atomic E-state index is 0.159. The molecule has 0 N–H and O–H groups in total. The first-order chi connectivity index (χ1) is 9.98. The molecule has 1 fully saturated rings. The van der Waals surface area contributed by atoms with E-state index in [2.05, 4.69) is 0 Å². The molecule has 1 heterocycles. The molecule has 21 heavy (non-hydrogen) atoms. The van der Waals surface area contributed by atoms with Crippen molar-refractivity contribution in [2.24, 2.45) is 5.92 Å². The van der Waals surface area contributed by atoms with E-state index in [9.17, 15) is 13.2 Å². The molecule has 1 unspecified atom stereocenters. The summed E-state index contributed by atoms with van der Waals surface area (Å²) in [6.07, 6.45) is 1.29. The molecule has 0 spiro atoms. The Morgan fingerprint density at radius 3 is 2.76 bits per heavy atom. The fourth-order valence-corrected chi connectivity index (χ4v) is 3.99. The van der Waals surface area contributed by atoms with E-state index in [0.717, 1.165) is 0 Å². The molecule has 116 valence electrons. The van der Waals surface area contributed by atoms with Crippen molar-refractivity contribution in [2.75, 3.05) is 27.3 Å². The van der Waals surface area contributed by atoms with Crippen molar-refractivity contribution in [3.05, 3.63) is 24.3 Å². The molecular weight excluding hydrogens is 294 g/mol. The smallest absolute Gasteiger partial charge is 0.309 e. The van der Waals surface area contributed by atoms with Gasteiger partial charge in [-0.15, -0.1) is 0 Å². The first kappa shape index (κ1) is 15.8. The number of sulfonamides is 1. The van der Waals surface area contributed by atoms with Crippen molar-refractivity contribution in [1.82, 2.24) is 4.31 Å². The third-order valence-electron chi connectivity index (χ3n) is 3.60. The molecule has 1 aromatic carbocycles. The van der Waals surface area contributed by atoms with Crippen LogP contribution in [0.15, 0.2) is 29.2 Å². The van der Waals surface area contributed by atoms with Gasteiger partial charge in [0.05, 0.1) is 25.0 Å². The van der Waals surface area contributed by atoms with Gasteiger partial charge in [-0.1, -0.05) is 6.07 Å². The lowest BCUT2D eigenvalue weighted by molar-refractivity contribution is -0.146. The van der Waals surface area contributed by atoms with E-state index in [0.29, 0.717) is 25.1 Å². The van der Waals surface area contributed by atoms with Gasteiger partial charge in [-0.3, -0.25) is 4.79 Å². The fraction of sp³-hybridized carbons (Fsp3) is 0.500. The molecule has 0 radical (unpaired) electrons. The monoisotopic (exact) mass is 313 g/mol. The summed E-state index contributed by atoms with van der Waals surface area (Å²) < 4.78 is 36.4. The Labute approximate surface area is 124 Å². The number of methoxy groups -OCH3 is 2.